The van der Waals surface area contributed by atoms with Crippen LogP contribution in [0.15, 0.2) is 23.1 Å². The third kappa shape index (κ3) is 2.84. The SMILES string of the molecule is CCSc1cc(I)ccc1[N+](=O)[O-]. The highest BCUT2D eigenvalue weighted by Gasteiger charge is 2.12. The second-order valence-corrected chi connectivity index (χ2v) is 4.85. The summed E-state index contributed by atoms with van der Waals surface area (Å²) in [5, 5.41) is 10.6. The van der Waals surface area contributed by atoms with E-state index in [1.54, 1.807) is 12.1 Å². The first-order valence-electron chi connectivity index (χ1n) is 3.72. The van der Waals surface area contributed by atoms with E-state index in [0.717, 1.165) is 14.2 Å². The average Bonchev–Trinajstić information content (AvgIpc) is 2.04. The van der Waals surface area contributed by atoms with Crippen molar-refractivity contribution in [3.05, 3.63) is 31.9 Å². The molecule has 0 bridgehead atoms. The third-order valence-electron chi connectivity index (χ3n) is 1.42. The van der Waals surface area contributed by atoms with Crippen LogP contribution in [0.5, 0.6) is 0 Å². The van der Waals surface area contributed by atoms with Crippen LogP contribution in [0.4, 0.5) is 5.69 Å². The second kappa shape index (κ2) is 4.80. The molecule has 0 radical (unpaired) electrons. The molecule has 13 heavy (non-hydrogen) atoms. The van der Waals surface area contributed by atoms with Crippen LogP contribution >= 0.6 is 34.4 Å². The Bertz CT molecular complexity index is 330. The fraction of sp³-hybridized carbons (Fsp3) is 0.250. The zero-order chi connectivity index (χ0) is 9.84. The van der Waals surface area contributed by atoms with Gasteiger partial charge in [0.2, 0.25) is 0 Å². The quantitative estimate of drug-likeness (QED) is 0.372. The number of halogens is 1. The van der Waals surface area contributed by atoms with Gasteiger partial charge in [0.05, 0.1) is 9.82 Å². The minimum Gasteiger partial charge on any atom is -0.258 e. The highest BCUT2D eigenvalue weighted by atomic mass is 127. The van der Waals surface area contributed by atoms with E-state index in [0.29, 0.717) is 0 Å². The van der Waals surface area contributed by atoms with Crippen LogP contribution in [-0.2, 0) is 0 Å². The van der Waals surface area contributed by atoms with Gasteiger partial charge in [-0.15, -0.1) is 11.8 Å². The lowest BCUT2D eigenvalue weighted by atomic mass is 10.3. The highest BCUT2D eigenvalue weighted by molar-refractivity contribution is 14.1. The van der Waals surface area contributed by atoms with Crippen LogP contribution in [0.1, 0.15) is 6.92 Å². The highest BCUT2D eigenvalue weighted by Crippen LogP contribution is 2.30. The summed E-state index contributed by atoms with van der Waals surface area (Å²) in [5.74, 6) is 0.848. The zero-order valence-corrected chi connectivity index (χ0v) is 9.96. The third-order valence-corrected chi connectivity index (χ3v) is 3.02. The molecule has 0 unspecified atom stereocenters. The van der Waals surface area contributed by atoms with Crippen molar-refractivity contribution in [3.63, 3.8) is 0 Å². The van der Waals surface area contributed by atoms with E-state index < -0.39 is 0 Å². The lowest BCUT2D eigenvalue weighted by molar-refractivity contribution is -0.387. The van der Waals surface area contributed by atoms with Gasteiger partial charge in [-0.1, -0.05) is 6.92 Å². The van der Waals surface area contributed by atoms with Crippen molar-refractivity contribution >= 4 is 40.0 Å². The Morgan fingerprint density at radius 2 is 2.31 bits per heavy atom. The monoisotopic (exact) mass is 309 g/mol. The van der Waals surface area contributed by atoms with Gasteiger partial charge in [-0.05, 0) is 40.5 Å². The van der Waals surface area contributed by atoms with Crippen LogP contribution in [0.2, 0.25) is 0 Å². The summed E-state index contributed by atoms with van der Waals surface area (Å²) in [6.45, 7) is 1.98. The summed E-state index contributed by atoms with van der Waals surface area (Å²) >= 11 is 3.65. The Labute approximate surface area is 94.2 Å². The molecule has 1 aromatic carbocycles. The number of nitrogens with zero attached hydrogens (tertiary/aromatic N) is 1. The summed E-state index contributed by atoms with van der Waals surface area (Å²) < 4.78 is 1.03. The molecule has 0 amide bonds. The number of thioether (sulfide) groups is 1. The topological polar surface area (TPSA) is 43.1 Å². The lowest BCUT2D eigenvalue weighted by Gasteiger charge is -2.00. The van der Waals surface area contributed by atoms with E-state index in [4.69, 9.17) is 0 Å². The van der Waals surface area contributed by atoms with Gasteiger partial charge in [-0.25, -0.2) is 0 Å². The van der Waals surface area contributed by atoms with Gasteiger partial charge in [0.25, 0.3) is 5.69 Å². The smallest absolute Gasteiger partial charge is 0.258 e. The van der Waals surface area contributed by atoms with E-state index in [2.05, 4.69) is 22.6 Å². The van der Waals surface area contributed by atoms with Crippen LogP contribution in [0.25, 0.3) is 0 Å². The molecule has 0 aliphatic heterocycles. The van der Waals surface area contributed by atoms with Gasteiger partial charge in [0.1, 0.15) is 0 Å². The van der Waals surface area contributed by atoms with Crippen molar-refractivity contribution < 1.29 is 4.92 Å². The van der Waals surface area contributed by atoms with Crippen LogP contribution in [-0.4, -0.2) is 10.7 Å². The molecule has 0 atom stereocenters. The van der Waals surface area contributed by atoms with E-state index in [1.807, 2.05) is 13.0 Å². The summed E-state index contributed by atoms with van der Waals surface area (Å²) in [6.07, 6.45) is 0. The number of nitro groups is 1. The molecule has 0 aliphatic carbocycles. The molecule has 0 N–H and O–H groups in total. The van der Waals surface area contributed by atoms with Crippen LogP contribution in [0.3, 0.4) is 0 Å². The summed E-state index contributed by atoms with van der Waals surface area (Å²) in [5.41, 5.74) is 0.201. The molecule has 0 heterocycles. The van der Waals surface area contributed by atoms with Gasteiger partial charge in [0.15, 0.2) is 0 Å². The van der Waals surface area contributed by atoms with Crippen molar-refractivity contribution in [1.29, 1.82) is 0 Å². The summed E-state index contributed by atoms with van der Waals surface area (Å²) in [6, 6.07) is 5.14. The Morgan fingerprint density at radius 3 is 2.85 bits per heavy atom. The van der Waals surface area contributed by atoms with Gasteiger partial charge in [-0.3, -0.25) is 10.1 Å². The molecule has 1 aromatic rings. The first-order valence-corrected chi connectivity index (χ1v) is 5.78. The van der Waals surface area contributed by atoms with Crippen molar-refractivity contribution in [2.45, 2.75) is 11.8 Å². The second-order valence-electron chi connectivity index (χ2n) is 2.30. The molecular formula is C8H8INO2S. The Morgan fingerprint density at radius 1 is 1.62 bits per heavy atom. The molecule has 5 heteroatoms. The normalized spacial score (nSPS) is 10.0. The number of nitro benzene ring substituents is 1. The Hall–Kier alpha value is -0.300. The molecule has 0 aliphatic rings. The average molecular weight is 309 g/mol. The predicted molar refractivity (Wildman–Crippen MR) is 62.2 cm³/mol. The zero-order valence-electron chi connectivity index (χ0n) is 6.99. The molecule has 3 nitrogen and oxygen atoms in total. The summed E-state index contributed by atoms with van der Waals surface area (Å²) in [7, 11) is 0. The van der Waals surface area contributed by atoms with Crippen molar-refractivity contribution in [2.24, 2.45) is 0 Å². The Kier molecular flexibility index (Phi) is 3.98. The molecule has 0 spiro atoms. The summed E-state index contributed by atoms with van der Waals surface area (Å²) in [4.78, 5) is 11.0. The van der Waals surface area contributed by atoms with Crippen molar-refractivity contribution in [3.8, 4) is 0 Å². The Balaban J connectivity index is 3.10. The van der Waals surface area contributed by atoms with Crippen molar-refractivity contribution in [1.82, 2.24) is 0 Å². The fourth-order valence-electron chi connectivity index (χ4n) is 0.910. The van der Waals surface area contributed by atoms with Crippen molar-refractivity contribution in [2.75, 3.05) is 5.75 Å². The predicted octanol–water partition coefficient (Wildman–Crippen LogP) is 3.31. The maximum atomic E-state index is 10.6. The van der Waals surface area contributed by atoms with Gasteiger partial charge < -0.3 is 0 Å². The van der Waals surface area contributed by atoms with Gasteiger partial charge >= 0.3 is 0 Å². The molecule has 0 aromatic heterocycles. The van der Waals surface area contributed by atoms with E-state index >= 15 is 0 Å². The number of benzene rings is 1. The maximum Gasteiger partial charge on any atom is 0.282 e. The van der Waals surface area contributed by atoms with E-state index in [9.17, 15) is 10.1 Å². The van der Waals surface area contributed by atoms with Gasteiger partial charge in [-0.2, -0.15) is 0 Å². The molecule has 0 fully saturated rings. The molecule has 0 saturated carbocycles. The number of rotatable bonds is 3. The standard InChI is InChI=1S/C8H8INO2S/c1-2-13-8-5-6(9)3-4-7(8)10(11)12/h3-5H,2H2,1H3. The van der Waals surface area contributed by atoms with E-state index in [1.165, 1.54) is 11.8 Å². The first kappa shape index (κ1) is 10.8. The first-order chi connectivity index (χ1) is 6.15. The minimum absolute atomic E-state index is 0.201. The number of hydrogen-bond acceptors (Lipinski definition) is 3. The fourth-order valence-corrected chi connectivity index (χ4v) is 2.42. The molecule has 0 saturated heterocycles. The molecule has 70 valence electrons. The van der Waals surface area contributed by atoms with Crippen LogP contribution < -0.4 is 0 Å². The molecular weight excluding hydrogens is 301 g/mol. The molecule has 1 rings (SSSR count). The largest absolute Gasteiger partial charge is 0.282 e. The van der Waals surface area contributed by atoms with Crippen LogP contribution in [0, 0.1) is 13.7 Å². The van der Waals surface area contributed by atoms with Gasteiger partial charge in [0, 0.05) is 9.64 Å². The number of hydrogen-bond donors (Lipinski definition) is 0. The van der Waals surface area contributed by atoms with E-state index in [-0.39, 0.29) is 10.6 Å². The maximum absolute atomic E-state index is 10.6. The minimum atomic E-state index is -0.339. The lowest BCUT2D eigenvalue weighted by Crippen LogP contribution is -1.91.